The molecule has 0 aromatic heterocycles. The standard InChI is InChI=1S/C18H22ClNO3S/c1-12-9-14(3)18(10-13(12)2)24(21,22)20-11-17(23-4)15-7-5-6-8-16(15)19/h5-10,17,20H,11H2,1-4H3. The van der Waals surface area contributed by atoms with E-state index in [1.807, 2.05) is 38.1 Å². The lowest BCUT2D eigenvalue weighted by atomic mass is 10.1. The van der Waals surface area contributed by atoms with Crippen molar-refractivity contribution in [2.75, 3.05) is 13.7 Å². The predicted molar refractivity (Wildman–Crippen MR) is 97.0 cm³/mol. The van der Waals surface area contributed by atoms with Crippen LogP contribution in [-0.2, 0) is 14.8 Å². The lowest BCUT2D eigenvalue weighted by Gasteiger charge is -2.18. The van der Waals surface area contributed by atoms with Gasteiger partial charge in [-0.05, 0) is 49.6 Å². The van der Waals surface area contributed by atoms with E-state index in [1.54, 1.807) is 19.1 Å². The molecular formula is C18H22ClNO3S. The van der Waals surface area contributed by atoms with Gasteiger partial charge in [-0.15, -0.1) is 0 Å². The summed E-state index contributed by atoms with van der Waals surface area (Å²) in [6, 6.07) is 10.8. The lowest BCUT2D eigenvalue weighted by molar-refractivity contribution is 0.107. The highest BCUT2D eigenvalue weighted by Crippen LogP contribution is 2.25. The first-order valence-electron chi connectivity index (χ1n) is 7.61. The quantitative estimate of drug-likeness (QED) is 0.841. The first-order valence-corrected chi connectivity index (χ1v) is 9.47. The highest BCUT2D eigenvalue weighted by atomic mass is 35.5. The third-order valence-electron chi connectivity index (χ3n) is 4.08. The minimum absolute atomic E-state index is 0.106. The zero-order valence-corrected chi connectivity index (χ0v) is 15.8. The van der Waals surface area contributed by atoms with Crippen molar-refractivity contribution in [1.29, 1.82) is 0 Å². The largest absolute Gasteiger partial charge is 0.375 e. The average Bonchev–Trinajstić information content (AvgIpc) is 2.52. The summed E-state index contributed by atoms with van der Waals surface area (Å²) in [4.78, 5) is 0.291. The molecule has 0 heterocycles. The Labute approximate surface area is 148 Å². The summed E-state index contributed by atoms with van der Waals surface area (Å²) in [5.74, 6) is 0. The van der Waals surface area contributed by atoms with Crippen LogP contribution in [0.3, 0.4) is 0 Å². The summed E-state index contributed by atoms with van der Waals surface area (Å²) in [6.45, 7) is 5.76. The van der Waals surface area contributed by atoms with Gasteiger partial charge >= 0.3 is 0 Å². The molecule has 130 valence electrons. The number of halogens is 1. The second-order valence-corrected chi connectivity index (χ2v) is 7.94. The van der Waals surface area contributed by atoms with Crippen LogP contribution in [0.4, 0.5) is 0 Å². The van der Waals surface area contributed by atoms with E-state index < -0.39 is 16.1 Å². The average molecular weight is 368 g/mol. The zero-order valence-electron chi connectivity index (χ0n) is 14.3. The number of nitrogens with one attached hydrogen (secondary N) is 1. The number of rotatable bonds is 6. The molecule has 0 bridgehead atoms. The molecule has 2 aromatic carbocycles. The Morgan fingerprint density at radius 1 is 1.08 bits per heavy atom. The molecule has 0 amide bonds. The van der Waals surface area contributed by atoms with Crippen molar-refractivity contribution >= 4 is 21.6 Å². The predicted octanol–water partition coefficient (Wildman–Crippen LogP) is 3.93. The van der Waals surface area contributed by atoms with Crippen LogP contribution in [0.15, 0.2) is 41.3 Å². The van der Waals surface area contributed by atoms with Crippen molar-refractivity contribution in [3.05, 3.63) is 63.7 Å². The van der Waals surface area contributed by atoms with Gasteiger partial charge in [0.05, 0.1) is 11.0 Å². The van der Waals surface area contributed by atoms with Gasteiger partial charge in [-0.3, -0.25) is 0 Å². The molecule has 1 atom stereocenters. The number of hydrogen-bond donors (Lipinski definition) is 1. The number of benzene rings is 2. The maximum absolute atomic E-state index is 12.7. The minimum atomic E-state index is -3.63. The van der Waals surface area contributed by atoms with E-state index >= 15 is 0 Å². The molecule has 6 heteroatoms. The number of hydrogen-bond acceptors (Lipinski definition) is 3. The van der Waals surface area contributed by atoms with Crippen LogP contribution in [0.1, 0.15) is 28.4 Å². The van der Waals surface area contributed by atoms with E-state index in [2.05, 4.69) is 4.72 Å². The van der Waals surface area contributed by atoms with E-state index in [4.69, 9.17) is 16.3 Å². The topological polar surface area (TPSA) is 55.4 Å². The Morgan fingerprint density at radius 3 is 2.33 bits per heavy atom. The monoisotopic (exact) mass is 367 g/mol. The number of methoxy groups -OCH3 is 1. The molecule has 0 radical (unpaired) electrons. The molecule has 1 unspecified atom stereocenters. The minimum Gasteiger partial charge on any atom is -0.375 e. The Morgan fingerprint density at radius 2 is 1.71 bits per heavy atom. The van der Waals surface area contributed by atoms with Gasteiger partial charge in [-0.25, -0.2) is 13.1 Å². The zero-order chi connectivity index (χ0) is 17.9. The third kappa shape index (κ3) is 4.16. The van der Waals surface area contributed by atoms with Crippen LogP contribution < -0.4 is 4.72 Å². The van der Waals surface area contributed by atoms with Crippen molar-refractivity contribution < 1.29 is 13.2 Å². The molecule has 4 nitrogen and oxygen atoms in total. The van der Waals surface area contributed by atoms with Crippen molar-refractivity contribution in [2.45, 2.75) is 31.8 Å². The number of ether oxygens (including phenoxy) is 1. The van der Waals surface area contributed by atoms with Gasteiger partial charge in [-0.1, -0.05) is 35.9 Å². The first kappa shape index (κ1) is 18.9. The fourth-order valence-electron chi connectivity index (χ4n) is 2.54. The molecule has 2 aromatic rings. The maximum atomic E-state index is 12.7. The second kappa shape index (κ2) is 7.66. The van der Waals surface area contributed by atoms with E-state index in [0.717, 1.165) is 22.3 Å². The third-order valence-corrected chi connectivity index (χ3v) is 5.99. The molecular weight excluding hydrogens is 346 g/mol. The summed E-state index contributed by atoms with van der Waals surface area (Å²) in [5, 5.41) is 0.547. The number of aryl methyl sites for hydroxylation is 3. The summed E-state index contributed by atoms with van der Waals surface area (Å²) in [5.41, 5.74) is 3.48. The van der Waals surface area contributed by atoms with Crippen LogP contribution in [-0.4, -0.2) is 22.1 Å². The molecule has 1 N–H and O–H groups in total. The van der Waals surface area contributed by atoms with E-state index in [9.17, 15) is 8.42 Å². The van der Waals surface area contributed by atoms with E-state index in [-0.39, 0.29) is 6.54 Å². The molecule has 0 saturated carbocycles. The van der Waals surface area contributed by atoms with Gasteiger partial charge in [0, 0.05) is 24.2 Å². The van der Waals surface area contributed by atoms with Gasteiger partial charge < -0.3 is 4.74 Å². The van der Waals surface area contributed by atoms with Gasteiger partial charge in [0.25, 0.3) is 0 Å². The Bertz CT molecular complexity index is 834. The molecule has 24 heavy (non-hydrogen) atoms. The molecule has 2 rings (SSSR count). The molecule has 0 fully saturated rings. The van der Waals surface area contributed by atoms with Crippen molar-refractivity contribution in [1.82, 2.24) is 4.72 Å². The van der Waals surface area contributed by atoms with Gasteiger partial charge in [0.15, 0.2) is 0 Å². The maximum Gasteiger partial charge on any atom is 0.240 e. The number of sulfonamides is 1. The summed E-state index contributed by atoms with van der Waals surface area (Å²) >= 11 is 6.17. The molecule has 0 saturated heterocycles. The van der Waals surface area contributed by atoms with Gasteiger partial charge in [0.1, 0.15) is 0 Å². The fourth-order valence-corrected chi connectivity index (χ4v) is 4.14. The normalized spacial score (nSPS) is 13.0. The molecule has 0 aliphatic heterocycles. The lowest BCUT2D eigenvalue weighted by Crippen LogP contribution is -2.30. The Hall–Kier alpha value is -1.40. The SMILES string of the molecule is COC(CNS(=O)(=O)c1cc(C)c(C)cc1C)c1ccccc1Cl. The van der Waals surface area contributed by atoms with Crippen molar-refractivity contribution in [3.63, 3.8) is 0 Å². The molecule has 0 aliphatic rings. The fraction of sp³-hybridized carbons (Fsp3) is 0.333. The van der Waals surface area contributed by atoms with Crippen molar-refractivity contribution in [2.24, 2.45) is 0 Å². The van der Waals surface area contributed by atoms with Crippen LogP contribution in [0.25, 0.3) is 0 Å². The van der Waals surface area contributed by atoms with Crippen LogP contribution >= 0.6 is 11.6 Å². The van der Waals surface area contributed by atoms with Crippen LogP contribution in [0, 0.1) is 20.8 Å². The summed E-state index contributed by atoms with van der Waals surface area (Å²) in [7, 11) is -2.10. The summed E-state index contributed by atoms with van der Waals surface area (Å²) in [6.07, 6.45) is -0.458. The van der Waals surface area contributed by atoms with Gasteiger partial charge in [0.2, 0.25) is 10.0 Å². The highest BCUT2D eigenvalue weighted by Gasteiger charge is 2.21. The molecule has 0 spiro atoms. The van der Waals surface area contributed by atoms with Crippen LogP contribution in [0.2, 0.25) is 5.02 Å². The highest BCUT2D eigenvalue weighted by molar-refractivity contribution is 7.89. The van der Waals surface area contributed by atoms with Crippen LogP contribution in [0.5, 0.6) is 0 Å². The van der Waals surface area contributed by atoms with E-state index in [0.29, 0.717) is 9.92 Å². The second-order valence-electron chi connectivity index (χ2n) is 5.80. The molecule has 0 aliphatic carbocycles. The van der Waals surface area contributed by atoms with Crippen molar-refractivity contribution in [3.8, 4) is 0 Å². The van der Waals surface area contributed by atoms with Gasteiger partial charge in [-0.2, -0.15) is 0 Å². The summed E-state index contributed by atoms with van der Waals surface area (Å²) < 4.78 is 33.3. The Kier molecular flexibility index (Phi) is 6.04. The Balaban J connectivity index is 2.24. The van der Waals surface area contributed by atoms with E-state index in [1.165, 1.54) is 7.11 Å². The smallest absolute Gasteiger partial charge is 0.240 e. The first-order chi connectivity index (χ1) is 11.3.